The van der Waals surface area contributed by atoms with Crippen molar-refractivity contribution in [3.05, 3.63) is 78.1 Å². The Hall–Kier alpha value is -4.33. The zero-order valence-corrected chi connectivity index (χ0v) is 17.3. The lowest BCUT2D eigenvalue weighted by molar-refractivity contribution is 0.102. The second-order valence-corrected chi connectivity index (χ2v) is 6.90. The van der Waals surface area contributed by atoms with Crippen LogP contribution in [-0.2, 0) is 0 Å². The normalized spacial score (nSPS) is 10.6. The summed E-state index contributed by atoms with van der Waals surface area (Å²) in [5.74, 6) is -0.0191. The Morgan fingerprint density at radius 2 is 1.81 bits per heavy atom. The van der Waals surface area contributed by atoms with Gasteiger partial charge in [-0.05, 0) is 48.5 Å². The van der Waals surface area contributed by atoms with Crippen molar-refractivity contribution >= 4 is 11.6 Å². The number of para-hydroxylation sites is 1. The Morgan fingerprint density at radius 3 is 2.53 bits per heavy atom. The molecule has 1 aromatic heterocycles. The van der Waals surface area contributed by atoms with Crippen molar-refractivity contribution in [3.8, 4) is 39.8 Å². The van der Waals surface area contributed by atoms with Gasteiger partial charge >= 0.3 is 0 Å². The highest BCUT2D eigenvalue weighted by Crippen LogP contribution is 2.32. The van der Waals surface area contributed by atoms with Crippen molar-refractivity contribution in [2.45, 2.75) is 0 Å². The van der Waals surface area contributed by atoms with Gasteiger partial charge in [-0.1, -0.05) is 18.2 Å². The monoisotopic (exact) mass is 433 g/mol. The molecule has 0 saturated heterocycles. The topological polar surface area (TPSA) is 96.5 Å². The minimum Gasteiger partial charge on any atom is -0.507 e. The Kier molecular flexibility index (Phi) is 5.76. The molecule has 0 aliphatic rings. The maximum absolute atomic E-state index is 13.5. The van der Waals surface area contributed by atoms with Gasteiger partial charge in [0.05, 0.1) is 31.2 Å². The molecular weight excluding hydrogens is 413 g/mol. The van der Waals surface area contributed by atoms with Gasteiger partial charge in [-0.3, -0.25) is 9.89 Å². The Bertz CT molecular complexity index is 1270. The van der Waals surface area contributed by atoms with E-state index in [2.05, 4.69) is 15.5 Å². The van der Waals surface area contributed by atoms with Gasteiger partial charge in [-0.15, -0.1) is 0 Å². The van der Waals surface area contributed by atoms with Crippen LogP contribution in [0.3, 0.4) is 0 Å². The molecule has 162 valence electrons. The molecule has 32 heavy (non-hydrogen) atoms. The standard InChI is InChI=1S/C24H20FN3O4/c1-31-22-5-3-4-17(23(22)32-2)24(30)26-16-9-6-14(7-10-16)19-13-20(28-27-19)18-12-15(25)8-11-21(18)29/h3-13,29H,1-2H3,(H,26,30)(H,27,28). The van der Waals surface area contributed by atoms with E-state index in [9.17, 15) is 14.3 Å². The van der Waals surface area contributed by atoms with Crippen LogP contribution in [-0.4, -0.2) is 35.4 Å². The fourth-order valence-electron chi connectivity index (χ4n) is 3.32. The molecule has 7 nitrogen and oxygen atoms in total. The van der Waals surface area contributed by atoms with Crippen molar-refractivity contribution in [3.63, 3.8) is 0 Å². The van der Waals surface area contributed by atoms with E-state index < -0.39 is 5.82 Å². The van der Waals surface area contributed by atoms with Crippen LogP contribution in [0.1, 0.15) is 10.4 Å². The number of hydrogen-bond donors (Lipinski definition) is 3. The maximum atomic E-state index is 13.5. The zero-order valence-electron chi connectivity index (χ0n) is 17.3. The summed E-state index contributed by atoms with van der Waals surface area (Å²) in [5.41, 5.74) is 3.13. The van der Waals surface area contributed by atoms with Crippen molar-refractivity contribution in [2.24, 2.45) is 0 Å². The minimum absolute atomic E-state index is 0.0485. The zero-order chi connectivity index (χ0) is 22.7. The lowest BCUT2D eigenvalue weighted by Crippen LogP contribution is -2.13. The Morgan fingerprint density at radius 1 is 1.03 bits per heavy atom. The van der Waals surface area contributed by atoms with Gasteiger partial charge in [0.1, 0.15) is 11.6 Å². The minimum atomic E-state index is -0.457. The first-order valence-corrected chi connectivity index (χ1v) is 9.67. The Balaban J connectivity index is 1.53. The molecule has 4 rings (SSSR count). The predicted octanol–water partition coefficient (Wildman–Crippen LogP) is 4.86. The first-order chi connectivity index (χ1) is 15.5. The third-order valence-electron chi connectivity index (χ3n) is 4.91. The van der Waals surface area contributed by atoms with Crippen molar-refractivity contribution in [1.82, 2.24) is 10.2 Å². The van der Waals surface area contributed by atoms with Gasteiger partial charge in [-0.2, -0.15) is 5.10 Å². The first-order valence-electron chi connectivity index (χ1n) is 9.67. The smallest absolute Gasteiger partial charge is 0.259 e. The molecule has 0 radical (unpaired) electrons. The van der Waals surface area contributed by atoms with Crippen LogP contribution >= 0.6 is 0 Å². The average Bonchev–Trinajstić information content (AvgIpc) is 3.30. The van der Waals surface area contributed by atoms with Gasteiger partial charge in [0, 0.05) is 16.8 Å². The van der Waals surface area contributed by atoms with E-state index in [1.807, 2.05) is 0 Å². The summed E-state index contributed by atoms with van der Waals surface area (Å²) in [5, 5.41) is 19.9. The number of nitrogens with zero attached hydrogens (tertiary/aromatic N) is 1. The molecule has 0 unspecified atom stereocenters. The van der Waals surface area contributed by atoms with Crippen LogP contribution in [0.25, 0.3) is 22.5 Å². The number of H-pyrrole nitrogens is 1. The third kappa shape index (κ3) is 4.11. The molecule has 3 aromatic carbocycles. The third-order valence-corrected chi connectivity index (χ3v) is 4.91. The second-order valence-electron chi connectivity index (χ2n) is 6.90. The highest BCUT2D eigenvalue weighted by Gasteiger charge is 2.17. The molecule has 0 fully saturated rings. The molecule has 8 heteroatoms. The summed E-state index contributed by atoms with van der Waals surface area (Å²) in [6, 6.07) is 17.6. The van der Waals surface area contributed by atoms with Gasteiger partial charge < -0.3 is 19.9 Å². The number of carbonyl (C=O) groups excluding carboxylic acids is 1. The summed E-state index contributed by atoms with van der Waals surface area (Å²) in [4.78, 5) is 12.7. The number of methoxy groups -OCH3 is 2. The number of anilines is 1. The number of halogens is 1. The maximum Gasteiger partial charge on any atom is 0.259 e. The first kappa shape index (κ1) is 20.9. The molecule has 0 spiro atoms. The average molecular weight is 433 g/mol. The van der Waals surface area contributed by atoms with Gasteiger partial charge in [0.25, 0.3) is 5.91 Å². The molecule has 0 bridgehead atoms. The summed E-state index contributed by atoms with van der Waals surface area (Å²) < 4.78 is 24.1. The van der Waals surface area contributed by atoms with Crippen molar-refractivity contribution in [1.29, 1.82) is 0 Å². The van der Waals surface area contributed by atoms with Crippen LogP contribution in [0, 0.1) is 5.82 Å². The van der Waals surface area contributed by atoms with E-state index >= 15 is 0 Å². The summed E-state index contributed by atoms with van der Waals surface area (Å²) in [6.45, 7) is 0. The summed E-state index contributed by atoms with van der Waals surface area (Å²) in [6.07, 6.45) is 0. The number of aromatic nitrogens is 2. The summed E-state index contributed by atoms with van der Waals surface area (Å²) in [7, 11) is 2.99. The highest BCUT2D eigenvalue weighted by molar-refractivity contribution is 6.06. The van der Waals surface area contributed by atoms with Crippen molar-refractivity contribution < 1.29 is 23.8 Å². The number of benzene rings is 3. The number of aromatic amines is 1. The number of ether oxygens (including phenoxy) is 2. The number of amides is 1. The van der Waals surface area contributed by atoms with E-state index in [1.54, 1.807) is 48.5 Å². The van der Waals surface area contributed by atoms with Crippen LogP contribution in [0.15, 0.2) is 66.7 Å². The predicted molar refractivity (Wildman–Crippen MR) is 119 cm³/mol. The van der Waals surface area contributed by atoms with Gasteiger partial charge in [0.15, 0.2) is 11.5 Å². The molecule has 0 aliphatic carbocycles. The van der Waals surface area contributed by atoms with Crippen LogP contribution < -0.4 is 14.8 Å². The number of phenols is 1. The molecule has 0 atom stereocenters. The number of carbonyl (C=O) groups is 1. The van der Waals surface area contributed by atoms with E-state index in [0.717, 1.165) is 5.56 Å². The Labute approximate surface area is 183 Å². The van der Waals surface area contributed by atoms with E-state index in [-0.39, 0.29) is 11.7 Å². The molecule has 4 aromatic rings. The number of phenolic OH excluding ortho intramolecular Hbond substituents is 1. The highest BCUT2D eigenvalue weighted by atomic mass is 19.1. The molecule has 1 amide bonds. The molecule has 0 saturated carbocycles. The quantitative estimate of drug-likeness (QED) is 0.404. The number of aromatic hydroxyl groups is 1. The molecule has 0 aliphatic heterocycles. The lowest BCUT2D eigenvalue weighted by Gasteiger charge is -2.12. The van der Waals surface area contributed by atoms with Crippen LogP contribution in [0.2, 0.25) is 0 Å². The van der Waals surface area contributed by atoms with Crippen LogP contribution in [0.5, 0.6) is 17.2 Å². The van der Waals surface area contributed by atoms with Crippen LogP contribution in [0.4, 0.5) is 10.1 Å². The SMILES string of the molecule is COc1cccc(C(=O)Nc2ccc(-c3cc(-c4cc(F)ccc4O)[nH]n3)cc2)c1OC. The molecular formula is C24H20FN3O4. The van der Waals surface area contributed by atoms with Gasteiger partial charge in [-0.25, -0.2) is 4.39 Å². The largest absolute Gasteiger partial charge is 0.507 e. The van der Waals surface area contributed by atoms with E-state index in [1.165, 1.54) is 32.4 Å². The molecule has 3 N–H and O–H groups in total. The number of hydrogen-bond acceptors (Lipinski definition) is 5. The fraction of sp³-hybridized carbons (Fsp3) is 0.0833. The van der Waals surface area contributed by atoms with Gasteiger partial charge in [0.2, 0.25) is 0 Å². The number of nitrogens with one attached hydrogen (secondary N) is 2. The fourth-order valence-corrected chi connectivity index (χ4v) is 3.32. The van der Waals surface area contributed by atoms with E-state index in [0.29, 0.717) is 39.7 Å². The summed E-state index contributed by atoms with van der Waals surface area (Å²) >= 11 is 0. The van der Waals surface area contributed by atoms with E-state index in [4.69, 9.17) is 9.47 Å². The second kappa shape index (κ2) is 8.81. The van der Waals surface area contributed by atoms with Crippen molar-refractivity contribution in [2.75, 3.05) is 19.5 Å². The lowest BCUT2D eigenvalue weighted by atomic mass is 10.1. The molecule has 1 heterocycles. The number of rotatable bonds is 6.